The summed E-state index contributed by atoms with van der Waals surface area (Å²) in [5.41, 5.74) is 1.82. The third-order valence-electron chi connectivity index (χ3n) is 5.08. The van der Waals surface area contributed by atoms with E-state index >= 15 is 0 Å². The minimum Gasteiger partial charge on any atom is -0.192 e. The van der Waals surface area contributed by atoms with Gasteiger partial charge in [-0.25, -0.2) is 0 Å². The van der Waals surface area contributed by atoms with Crippen molar-refractivity contribution >= 4 is 0 Å². The van der Waals surface area contributed by atoms with Crippen LogP contribution in [-0.2, 0) is 0 Å². The molecule has 2 atom stereocenters. The van der Waals surface area contributed by atoms with Crippen LogP contribution in [-0.4, -0.2) is 0 Å². The fourth-order valence-corrected chi connectivity index (χ4v) is 3.50. The molecule has 0 spiro atoms. The predicted molar refractivity (Wildman–Crippen MR) is 57.5 cm³/mol. The first-order valence-electron chi connectivity index (χ1n) is 5.51. The highest BCUT2D eigenvalue weighted by molar-refractivity contribution is 5.46. The zero-order chi connectivity index (χ0) is 11.3. The molecule has 2 fully saturated rings. The molecule has 0 N–H and O–H groups in total. The van der Waals surface area contributed by atoms with Crippen molar-refractivity contribution in [3.63, 3.8) is 0 Å². The van der Waals surface area contributed by atoms with Gasteiger partial charge in [0, 0.05) is 0 Å². The fraction of sp³-hybridized carbons (Fsp3) is 0.692. The van der Waals surface area contributed by atoms with Crippen molar-refractivity contribution in [2.75, 3.05) is 0 Å². The van der Waals surface area contributed by atoms with Crippen molar-refractivity contribution in [1.29, 1.82) is 10.5 Å². The van der Waals surface area contributed by atoms with Gasteiger partial charge in [-0.1, -0.05) is 20.8 Å². The summed E-state index contributed by atoms with van der Waals surface area (Å²) in [5, 5.41) is 17.9. The summed E-state index contributed by atoms with van der Waals surface area (Å²) in [6, 6.07) is 4.12. The Bertz CT molecular complexity index is 401. The van der Waals surface area contributed by atoms with Crippen molar-refractivity contribution in [1.82, 2.24) is 0 Å². The Morgan fingerprint density at radius 3 is 2.20 bits per heavy atom. The molecular weight excluding hydrogens is 184 g/mol. The summed E-state index contributed by atoms with van der Waals surface area (Å²) >= 11 is 0. The van der Waals surface area contributed by atoms with E-state index < -0.39 is 0 Å². The predicted octanol–water partition coefficient (Wildman–Crippen LogP) is 3.18. The topological polar surface area (TPSA) is 47.6 Å². The average Bonchev–Trinajstić information content (AvgIpc) is 2.52. The number of hydrogen-bond donors (Lipinski definition) is 0. The van der Waals surface area contributed by atoms with Crippen LogP contribution in [0.25, 0.3) is 0 Å². The Kier molecular flexibility index (Phi) is 1.95. The maximum Gasteiger partial charge on any atom is 0.129 e. The Hall–Kier alpha value is -1.28. The highest BCUT2D eigenvalue weighted by Gasteiger charge is 2.59. The molecule has 0 saturated heterocycles. The zero-order valence-corrected chi connectivity index (χ0v) is 9.59. The third kappa shape index (κ3) is 1.03. The largest absolute Gasteiger partial charge is 0.192 e. The molecule has 0 radical (unpaired) electrons. The molecule has 2 nitrogen and oxygen atoms in total. The summed E-state index contributed by atoms with van der Waals surface area (Å²) in [4.78, 5) is 0. The van der Waals surface area contributed by atoms with Gasteiger partial charge in [-0.15, -0.1) is 0 Å². The van der Waals surface area contributed by atoms with Gasteiger partial charge < -0.3 is 0 Å². The Labute approximate surface area is 91.2 Å². The van der Waals surface area contributed by atoms with E-state index in [0.717, 1.165) is 18.4 Å². The second kappa shape index (κ2) is 2.86. The lowest BCUT2D eigenvalue weighted by molar-refractivity contribution is 0.179. The first-order chi connectivity index (χ1) is 6.97. The zero-order valence-electron chi connectivity index (χ0n) is 9.59. The van der Waals surface area contributed by atoms with Gasteiger partial charge in [0.25, 0.3) is 0 Å². The molecule has 78 valence electrons. The average molecular weight is 200 g/mol. The van der Waals surface area contributed by atoms with E-state index in [9.17, 15) is 0 Å². The van der Waals surface area contributed by atoms with Crippen molar-refractivity contribution in [2.45, 2.75) is 40.0 Å². The van der Waals surface area contributed by atoms with E-state index in [0.29, 0.717) is 11.5 Å². The normalized spacial score (nSPS) is 36.1. The molecule has 2 heteroatoms. The second-order valence-electron chi connectivity index (χ2n) is 5.57. The molecule has 0 amide bonds. The lowest BCUT2D eigenvalue weighted by Crippen LogP contribution is -2.28. The summed E-state index contributed by atoms with van der Waals surface area (Å²) in [7, 11) is 0. The molecular formula is C13H16N2. The third-order valence-corrected chi connectivity index (χ3v) is 5.08. The molecule has 0 heterocycles. The lowest BCUT2D eigenvalue weighted by Gasteiger charge is -2.35. The number of nitriles is 2. The maximum atomic E-state index is 8.97. The molecule has 15 heavy (non-hydrogen) atoms. The lowest BCUT2D eigenvalue weighted by atomic mass is 9.68. The van der Waals surface area contributed by atoms with Crippen LogP contribution in [0.2, 0.25) is 0 Å². The van der Waals surface area contributed by atoms with Gasteiger partial charge in [-0.05, 0) is 41.6 Å². The molecule has 0 unspecified atom stereocenters. The van der Waals surface area contributed by atoms with E-state index in [-0.39, 0.29) is 10.8 Å². The fourth-order valence-electron chi connectivity index (χ4n) is 3.50. The Morgan fingerprint density at radius 1 is 1.27 bits per heavy atom. The summed E-state index contributed by atoms with van der Waals surface area (Å²) < 4.78 is 0. The Morgan fingerprint density at radius 2 is 1.87 bits per heavy atom. The maximum absolute atomic E-state index is 8.97. The van der Waals surface area contributed by atoms with E-state index in [1.807, 2.05) is 0 Å². The van der Waals surface area contributed by atoms with Gasteiger partial charge >= 0.3 is 0 Å². The van der Waals surface area contributed by atoms with Gasteiger partial charge in [-0.2, -0.15) is 10.5 Å². The molecule has 0 aromatic rings. The van der Waals surface area contributed by atoms with Crippen LogP contribution in [0.15, 0.2) is 11.1 Å². The molecule has 0 aromatic heterocycles. The number of fused-ring (bicyclic) bond motifs is 2. The quantitative estimate of drug-likeness (QED) is 0.564. The number of allylic oxidation sites excluding steroid dienone is 2. The van der Waals surface area contributed by atoms with Crippen molar-refractivity contribution in [2.24, 2.45) is 16.7 Å². The van der Waals surface area contributed by atoms with Crippen LogP contribution in [0.1, 0.15) is 40.0 Å². The van der Waals surface area contributed by atoms with Crippen LogP contribution in [0, 0.1) is 39.4 Å². The SMILES string of the molecule is CC1(C)[C@H]2CC[C@]1(C)C(=C(C#N)C#N)C2. The van der Waals surface area contributed by atoms with Crippen LogP contribution in [0.3, 0.4) is 0 Å². The monoisotopic (exact) mass is 200 g/mol. The van der Waals surface area contributed by atoms with E-state index in [2.05, 4.69) is 32.9 Å². The van der Waals surface area contributed by atoms with E-state index in [1.165, 1.54) is 6.42 Å². The number of hydrogen-bond acceptors (Lipinski definition) is 2. The molecule has 0 aromatic carbocycles. The minimum atomic E-state index is 0.0818. The first kappa shape index (κ1) is 10.2. The molecule has 2 rings (SSSR count). The second-order valence-corrected chi connectivity index (χ2v) is 5.57. The van der Waals surface area contributed by atoms with Gasteiger partial charge in [0.1, 0.15) is 17.7 Å². The van der Waals surface area contributed by atoms with Crippen LogP contribution in [0.4, 0.5) is 0 Å². The molecule has 2 aliphatic rings. The Balaban J connectivity index is 2.58. The van der Waals surface area contributed by atoms with Gasteiger partial charge in [0.2, 0.25) is 0 Å². The van der Waals surface area contributed by atoms with Crippen LogP contribution < -0.4 is 0 Å². The van der Waals surface area contributed by atoms with Crippen molar-refractivity contribution in [3.05, 3.63) is 11.1 Å². The summed E-state index contributed by atoms with van der Waals surface area (Å²) in [5.74, 6) is 0.661. The number of rotatable bonds is 0. The molecule has 2 bridgehead atoms. The highest BCUT2D eigenvalue weighted by Crippen LogP contribution is 2.68. The van der Waals surface area contributed by atoms with Crippen molar-refractivity contribution in [3.8, 4) is 12.1 Å². The highest BCUT2D eigenvalue weighted by atomic mass is 14.6. The molecule has 0 aliphatic heterocycles. The van der Waals surface area contributed by atoms with E-state index in [1.54, 1.807) is 0 Å². The van der Waals surface area contributed by atoms with Gasteiger partial charge in [-0.3, -0.25) is 0 Å². The molecule has 2 aliphatic carbocycles. The standard InChI is InChI=1S/C13H16N2/c1-12(2)10-4-5-13(12,3)11(6-10)9(7-14)8-15/h10H,4-6H2,1-3H3/t10-,13+/m0/s1. The minimum absolute atomic E-state index is 0.0818. The van der Waals surface area contributed by atoms with Gasteiger partial charge in [0.15, 0.2) is 0 Å². The van der Waals surface area contributed by atoms with Gasteiger partial charge in [0.05, 0.1) is 0 Å². The van der Waals surface area contributed by atoms with Crippen LogP contribution >= 0.6 is 0 Å². The van der Waals surface area contributed by atoms with E-state index in [4.69, 9.17) is 10.5 Å². The van der Waals surface area contributed by atoms with Crippen LogP contribution in [0.5, 0.6) is 0 Å². The summed E-state index contributed by atoms with van der Waals surface area (Å²) in [6.45, 7) is 6.79. The first-order valence-corrected chi connectivity index (χ1v) is 5.51. The summed E-state index contributed by atoms with van der Waals surface area (Å²) in [6.07, 6.45) is 3.34. The number of nitrogens with zero attached hydrogens (tertiary/aromatic N) is 2. The smallest absolute Gasteiger partial charge is 0.129 e. The molecule has 2 saturated carbocycles. The van der Waals surface area contributed by atoms with Crippen molar-refractivity contribution < 1.29 is 0 Å².